The third-order valence-electron chi connectivity index (χ3n) is 1.46. The average molecular weight is 162 g/mol. The Bertz CT molecular complexity index is 52.0. The summed E-state index contributed by atoms with van der Waals surface area (Å²) in [6.07, 6.45) is 3.45. The molecule has 1 atom stereocenters. The van der Waals surface area contributed by atoms with E-state index in [0.29, 0.717) is 11.9 Å². The van der Waals surface area contributed by atoms with Crippen molar-refractivity contribution in [2.45, 2.75) is 38.4 Å². The van der Waals surface area contributed by atoms with Crippen LogP contribution in [0.5, 0.6) is 0 Å². The standard InChI is InChI=1S/C8H18OS/c1-3-5-8(6-7-9)10-4-2/h8-9H,3-7H2,1-2H3. The number of hydrogen-bond donors (Lipinski definition) is 1. The van der Waals surface area contributed by atoms with E-state index in [1.165, 1.54) is 18.6 Å². The van der Waals surface area contributed by atoms with Crippen molar-refractivity contribution in [1.82, 2.24) is 0 Å². The summed E-state index contributed by atoms with van der Waals surface area (Å²) < 4.78 is 0. The largest absolute Gasteiger partial charge is 0.396 e. The van der Waals surface area contributed by atoms with Crippen molar-refractivity contribution in [2.24, 2.45) is 0 Å². The Morgan fingerprint density at radius 2 is 2.00 bits per heavy atom. The van der Waals surface area contributed by atoms with Gasteiger partial charge in [0.2, 0.25) is 0 Å². The molecule has 1 nitrogen and oxygen atoms in total. The van der Waals surface area contributed by atoms with Crippen molar-refractivity contribution >= 4 is 11.8 Å². The first-order valence-corrected chi connectivity index (χ1v) is 5.12. The van der Waals surface area contributed by atoms with Crippen LogP contribution in [-0.4, -0.2) is 22.7 Å². The van der Waals surface area contributed by atoms with Crippen LogP contribution in [-0.2, 0) is 0 Å². The Balaban J connectivity index is 3.30. The molecule has 1 unspecified atom stereocenters. The Morgan fingerprint density at radius 1 is 1.30 bits per heavy atom. The Morgan fingerprint density at radius 3 is 2.40 bits per heavy atom. The smallest absolute Gasteiger partial charge is 0.0441 e. The molecule has 0 bridgehead atoms. The van der Waals surface area contributed by atoms with Crippen LogP contribution >= 0.6 is 11.8 Å². The fourth-order valence-corrected chi connectivity index (χ4v) is 2.16. The van der Waals surface area contributed by atoms with Crippen LogP contribution in [0, 0.1) is 0 Å². The normalized spacial score (nSPS) is 13.5. The van der Waals surface area contributed by atoms with E-state index in [2.05, 4.69) is 13.8 Å². The van der Waals surface area contributed by atoms with Crippen LogP contribution in [0.3, 0.4) is 0 Å². The predicted octanol–water partition coefficient (Wildman–Crippen LogP) is 2.29. The second-order valence-electron chi connectivity index (χ2n) is 2.38. The zero-order valence-electron chi connectivity index (χ0n) is 6.97. The highest BCUT2D eigenvalue weighted by molar-refractivity contribution is 7.99. The first-order valence-electron chi connectivity index (χ1n) is 4.07. The summed E-state index contributed by atoms with van der Waals surface area (Å²) in [4.78, 5) is 0. The zero-order valence-corrected chi connectivity index (χ0v) is 7.78. The monoisotopic (exact) mass is 162 g/mol. The molecular weight excluding hydrogens is 144 g/mol. The fourth-order valence-electron chi connectivity index (χ4n) is 1.01. The Labute approximate surface area is 68.2 Å². The molecule has 0 aliphatic heterocycles. The molecule has 62 valence electrons. The van der Waals surface area contributed by atoms with Gasteiger partial charge in [0.25, 0.3) is 0 Å². The molecule has 0 saturated heterocycles. The minimum atomic E-state index is 0.345. The third-order valence-corrected chi connectivity index (χ3v) is 2.74. The zero-order chi connectivity index (χ0) is 7.82. The quantitative estimate of drug-likeness (QED) is 0.646. The molecule has 1 N–H and O–H groups in total. The molecule has 0 amide bonds. The maximum Gasteiger partial charge on any atom is 0.0441 e. The van der Waals surface area contributed by atoms with Gasteiger partial charge in [-0.3, -0.25) is 0 Å². The van der Waals surface area contributed by atoms with Crippen molar-refractivity contribution < 1.29 is 5.11 Å². The molecule has 2 heteroatoms. The van der Waals surface area contributed by atoms with E-state index >= 15 is 0 Å². The van der Waals surface area contributed by atoms with Crippen molar-refractivity contribution in [3.8, 4) is 0 Å². The molecule has 0 aromatic rings. The molecule has 0 heterocycles. The van der Waals surface area contributed by atoms with Crippen molar-refractivity contribution in [3.05, 3.63) is 0 Å². The molecular formula is C8H18OS. The van der Waals surface area contributed by atoms with Gasteiger partial charge in [-0.2, -0.15) is 11.8 Å². The molecule has 0 fully saturated rings. The number of aliphatic hydroxyl groups excluding tert-OH is 1. The molecule has 0 aliphatic carbocycles. The number of rotatable bonds is 6. The highest BCUT2D eigenvalue weighted by Gasteiger charge is 2.04. The van der Waals surface area contributed by atoms with E-state index in [4.69, 9.17) is 5.11 Å². The SMILES string of the molecule is CCCC(CCO)SCC. The Hall–Kier alpha value is 0.310. The second kappa shape index (κ2) is 7.42. The first-order chi connectivity index (χ1) is 4.85. The maximum atomic E-state index is 8.68. The van der Waals surface area contributed by atoms with Crippen LogP contribution < -0.4 is 0 Å². The lowest BCUT2D eigenvalue weighted by molar-refractivity contribution is 0.285. The van der Waals surface area contributed by atoms with Crippen LogP contribution in [0.25, 0.3) is 0 Å². The van der Waals surface area contributed by atoms with Crippen molar-refractivity contribution in [3.63, 3.8) is 0 Å². The number of hydrogen-bond acceptors (Lipinski definition) is 2. The molecule has 0 saturated carbocycles. The van der Waals surface area contributed by atoms with Crippen LogP contribution in [0.2, 0.25) is 0 Å². The maximum absolute atomic E-state index is 8.68. The first kappa shape index (κ1) is 10.3. The molecule has 0 aromatic heterocycles. The fraction of sp³-hybridized carbons (Fsp3) is 1.00. The number of aliphatic hydroxyl groups is 1. The highest BCUT2D eigenvalue weighted by atomic mass is 32.2. The summed E-state index contributed by atoms with van der Waals surface area (Å²) in [7, 11) is 0. The van der Waals surface area contributed by atoms with Gasteiger partial charge in [0, 0.05) is 11.9 Å². The van der Waals surface area contributed by atoms with Gasteiger partial charge in [-0.15, -0.1) is 0 Å². The van der Waals surface area contributed by atoms with E-state index < -0.39 is 0 Å². The molecule has 0 rings (SSSR count). The van der Waals surface area contributed by atoms with E-state index in [0.717, 1.165) is 6.42 Å². The summed E-state index contributed by atoms with van der Waals surface area (Å²) >= 11 is 1.97. The van der Waals surface area contributed by atoms with Crippen LogP contribution in [0.4, 0.5) is 0 Å². The van der Waals surface area contributed by atoms with Gasteiger partial charge in [0.15, 0.2) is 0 Å². The minimum Gasteiger partial charge on any atom is -0.396 e. The summed E-state index contributed by atoms with van der Waals surface area (Å²) in [6, 6.07) is 0. The molecule has 0 aliphatic rings. The van der Waals surface area contributed by atoms with Crippen molar-refractivity contribution in [2.75, 3.05) is 12.4 Å². The molecule has 10 heavy (non-hydrogen) atoms. The van der Waals surface area contributed by atoms with Crippen LogP contribution in [0.15, 0.2) is 0 Å². The predicted molar refractivity (Wildman–Crippen MR) is 48.5 cm³/mol. The van der Waals surface area contributed by atoms with E-state index in [-0.39, 0.29) is 0 Å². The van der Waals surface area contributed by atoms with Crippen molar-refractivity contribution in [1.29, 1.82) is 0 Å². The van der Waals surface area contributed by atoms with Crippen LogP contribution in [0.1, 0.15) is 33.1 Å². The summed E-state index contributed by atoms with van der Waals surface area (Å²) in [6.45, 7) is 4.71. The van der Waals surface area contributed by atoms with E-state index in [1.54, 1.807) is 0 Å². The molecule has 0 aromatic carbocycles. The van der Waals surface area contributed by atoms with Gasteiger partial charge < -0.3 is 5.11 Å². The van der Waals surface area contributed by atoms with Gasteiger partial charge >= 0.3 is 0 Å². The summed E-state index contributed by atoms with van der Waals surface area (Å²) in [5.74, 6) is 1.17. The van der Waals surface area contributed by atoms with Gasteiger partial charge in [0.1, 0.15) is 0 Å². The van der Waals surface area contributed by atoms with Gasteiger partial charge in [-0.1, -0.05) is 20.3 Å². The lowest BCUT2D eigenvalue weighted by Gasteiger charge is -2.12. The van der Waals surface area contributed by atoms with Gasteiger partial charge in [-0.05, 0) is 18.6 Å². The Kier molecular flexibility index (Phi) is 7.65. The third kappa shape index (κ3) is 5.12. The topological polar surface area (TPSA) is 20.2 Å². The lowest BCUT2D eigenvalue weighted by Crippen LogP contribution is -2.04. The number of thioether (sulfide) groups is 1. The highest BCUT2D eigenvalue weighted by Crippen LogP contribution is 2.18. The second-order valence-corrected chi connectivity index (χ2v) is 3.96. The molecule has 0 radical (unpaired) electrons. The summed E-state index contributed by atoms with van der Waals surface area (Å²) in [5, 5.41) is 9.37. The molecule has 0 spiro atoms. The lowest BCUT2D eigenvalue weighted by atomic mass is 10.2. The summed E-state index contributed by atoms with van der Waals surface area (Å²) in [5.41, 5.74) is 0. The van der Waals surface area contributed by atoms with Gasteiger partial charge in [-0.25, -0.2) is 0 Å². The van der Waals surface area contributed by atoms with Gasteiger partial charge in [0.05, 0.1) is 0 Å². The van der Waals surface area contributed by atoms with E-state index in [1.807, 2.05) is 11.8 Å². The van der Waals surface area contributed by atoms with E-state index in [9.17, 15) is 0 Å². The average Bonchev–Trinajstić information content (AvgIpc) is 1.90. The minimum absolute atomic E-state index is 0.345.